The summed E-state index contributed by atoms with van der Waals surface area (Å²) in [5.74, 6) is -0.243. The van der Waals surface area contributed by atoms with Gasteiger partial charge in [-0.05, 0) is 18.1 Å². The topological polar surface area (TPSA) is 68.7 Å². The quantitative estimate of drug-likeness (QED) is 0.603. The van der Waals surface area contributed by atoms with E-state index in [0.29, 0.717) is 12.5 Å². The van der Waals surface area contributed by atoms with Crippen LogP contribution < -0.4 is 0 Å². The molecule has 1 atom stereocenters. The van der Waals surface area contributed by atoms with Gasteiger partial charge in [-0.1, -0.05) is 6.07 Å². The number of aliphatic hydroxyl groups is 1. The van der Waals surface area contributed by atoms with Crippen LogP contribution in [-0.2, 0) is 9.47 Å². The minimum atomic E-state index is -0.626. The second-order valence-corrected chi connectivity index (χ2v) is 3.60. The molecular formula is C11H13NO4. The highest BCUT2D eigenvalue weighted by Crippen LogP contribution is 2.24. The Balaban J connectivity index is 2.06. The summed E-state index contributed by atoms with van der Waals surface area (Å²) in [5, 5.41) is 8.44. The lowest BCUT2D eigenvalue weighted by Gasteiger charge is -2.07. The van der Waals surface area contributed by atoms with Crippen LogP contribution in [0, 0.1) is 0 Å². The summed E-state index contributed by atoms with van der Waals surface area (Å²) in [6.07, 6.45) is 2.65. The van der Waals surface area contributed by atoms with E-state index in [9.17, 15) is 4.79 Å². The van der Waals surface area contributed by atoms with Gasteiger partial charge < -0.3 is 14.6 Å². The smallest absolute Gasteiger partial charge is 0.359 e. The fraction of sp³-hybridized carbons (Fsp3) is 0.455. The van der Waals surface area contributed by atoms with Crippen molar-refractivity contribution in [2.75, 3.05) is 20.0 Å². The van der Waals surface area contributed by atoms with Gasteiger partial charge in [0.05, 0.1) is 6.61 Å². The number of nitrogens with zero attached hydrogens (tertiary/aromatic N) is 1. The molecule has 1 fully saturated rings. The van der Waals surface area contributed by atoms with Crippen LogP contribution in [0.4, 0.5) is 0 Å². The zero-order chi connectivity index (χ0) is 11.4. The van der Waals surface area contributed by atoms with Crippen LogP contribution in [0.25, 0.3) is 0 Å². The average Bonchev–Trinajstić information content (AvgIpc) is 2.83. The SMILES string of the molecule is O=C(OCO)c1ccc(C2CCOC2)cn1. The Hall–Kier alpha value is -1.46. The van der Waals surface area contributed by atoms with E-state index in [2.05, 4.69) is 9.72 Å². The van der Waals surface area contributed by atoms with Gasteiger partial charge in [-0.3, -0.25) is 0 Å². The molecule has 0 aromatic carbocycles. The van der Waals surface area contributed by atoms with Crippen LogP contribution in [0.3, 0.4) is 0 Å². The van der Waals surface area contributed by atoms with E-state index in [-0.39, 0.29) is 5.69 Å². The number of pyridine rings is 1. The molecule has 1 aromatic heterocycles. The molecule has 0 spiro atoms. The second kappa shape index (κ2) is 5.05. The maximum absolute atomic E-state index is 11.2. The van der Waals surface area contributed by atoms with Crippen molar-refractivity contribution in [2.24, 2.45) is 0 Å². The van der Waals surface area contributed by atoms with E-state index in [1.165, 1.54) is 0 Å². The molecule has 2 heterocycles. The molecule has 1 N–H and O–H groups in total. The zero-order valence-corrected chi connectivity index (χ0v) is 8.76. The summed E-state index contributed by atoms with van der Waals surface area (Å²) in [7, 11) is 0. The molecule has 1 aromatic rings. The molecule has 2 rings (SSSR count). The van der Waals surface area contributed by atoms with Crippen molar-refractivity contribution in [1.29, 1.82) is 0 Å². The van der Waals surface area contributed by atoms with Gasteiger partial charge in [-0.15, -0.1) is 0 Å². The summed E-state index contributed by atoms with van der Waals surface area (Å²) >= 11 is 0. The summed E-state index contributed by atoms with van der Waals surface area (Å²) in [5.41, 5.74) is 1.27. The van der Waals surface area contributed by atoms with Gasteiger partial charge in [0.25, 0.3) is 0 Å². The van der Waals surface area contributed by atoms with Crippen molar-refractivity contribution in [3.05, 3.63) is 29.6 Å². The Morgan fingerprint density at radius 2 is 2.50 bits per heavy atom. The Labute approximate surface area is 93.0 Å². The van der Waals surface area contributed by atoms with E-state index in [4.69, 9.17) is 9.84 Å². The van der Waals surface area contributed by atoms with E-state index >= 15 is 0 Å². The molecule has 1 aliphatic rings. The first kappa shape index (κ1) is 11.0. The van der Waals surface area contributed by atoms with E-state index in [1.54, 1.807) is 12.3 Å². The van der Waals surface area contributed by atoms with Gasteiger partial charge in [0.15, 0.2) is 6.79 Å². The first-order chi connectivity index (χ1) is 7.81. The minimum Gasteiger partial charge on any atom is -0.434 e. The van der Waals surface area contributed by atoms with Gasteiger partial charge >= 0.3 is 5.97 Å². The van der Waals surface area contributed by atoms with Crippen LogP contribution in [0.5, 0.6) is 0 Å². The number of aliphatic hydroxyl groups excluding tert-OH is 1. The molecule has 0 radical (unpaired) electrons. The Morgan fingerprint density at radius 1 is 1.62 bits per heavy atom. The molecule has 5 nitrogen and oxygen atoms in total. The van der Waals surface area contributed by atoms with E-state index < -0.39 is 12.8 Å². The molecule has 86 valence electrons. The zero-order valence-electron chi connectivity index (χ0n) is 8.76. The highest BCUT2D eigenvalue weighted by molar-refractivity contribution is 5.87. The summed E-state index contributed by atoms with van der Waals surface area (Å²) < 4.78 is 9.70. The van der Waals surface area contributed by atoms with Crippen molar-refractivity contribution < 1.29 is 19.4 Å². The molecule has 1 unspecified atom stereocenters. The van der Waals surface area contributed by atoms with Crippen molar-refractivity contribution in [3.8, 4) is 0 Å². The normalized spacial score (nSPS) is 19.7. The third kappa shape index (κ3) is 2.37. The van der Waals surface area contributed by atoms with E-state index in [0.717, 1.165) is 18.6 Å². The second-order valence-electron chi connectivity index (χ2n) is 3.60. The number of ether oxygens (including phenoxy) is 2. The Bertz CT molecular complexity index is 357. The standard InChI is InChI=1S/C11H13NO4/c13-7-16-11(14)10-2-1-8(5-12-10)9-3-4-15-6-9/h1-2,5,9,13H,3-4,6-7H2. The molecular weight excluding hydrogens is 210 g/mol. The molecule has 0 amide bonds. The molecule has 0 bridgehead atoms. The van der Waals surface area contributed by atoms with Crippen LogP contribution in [0.15, 0.2) is 18.3 Å². The van der Waals surface area contributed by atoms with E-state index in [1.807, 2.05) is 6.07 Å². The number of esters is 1. The van der Waals surface area contributed by atoms with Gasteiger partial charge in [-0.25, -0.2) is 9.78 Å². The van der Waals surface area contributed by atoms with Crippen molar-refractivity contribution in [3.63, 3.8) is 0 Å². The third-order valence-electron chi connectivity index (χ3n) is 2.59. The van der Waals surface area contributed by atoms with Gasteiger partial charge in [0.1, 0.15) is 5.69 Å². The molecule has 5 heteroatoms. The number of carbonyl (C=O) groups excluding carboxylic acids is 1. The molecule has 0 saturated carbocycles. The predicted octanol–water partition coefficient (Wildman–Crippen LogP) is 0.692. The average molecular weight is 223 g/mol. The van der Waals surface area contributed by atoms with Crippen molar-refractivity contribution in [1.82, 2.24) is 4.98 Å². The van der Waals surface area contributed by atoms with Gasteiger partial charge in [0, 0.05) is 18.7 Å². The van der Waals surface area contributed by atoms with Gasteiger partial charge in [-0.2, -0.15) is 0 Å². The first-order valence-electron chi connectivity index (χ1n) is 5.13. The maximum atomic E-state index is 11.2. The lowest BCUT2D eigenvalue weighted by molar-refractivity contribution is 0.00623. The van der Waals surface area contributed by atoms with Crippen LogP contribution in [0.2, 0.25) is 0 Å². The lowest BCUT2D eigenvalue weighted by Crippen LogP contribution is -2.08. The largest absolute Gasteiger partial charge is 0.434 e. The maximum Gasteiger partial charge on any atom is 0.359 e. The minimum absolute atomic E-state index is 0.205. The van der Waals surface area contributed by atoms with Gasteiger partial charge in [0.2, 0.25) is 0 Å². The summed E-state index contributed by atoms with van der Waals surface area (Å²) in [6, 6.07) is 3.45. The predicted molar refractivity (Wildman–Crippen MR) is 54.9 cm³/mol. The Morgan fingerprint density at radius 3 is 3.06 bits per heavy atom. The highest BCUT2D eigenvalue weighted by Gasteiger charge is 2.18. The van der Waals surface area contributed by atoms with Crippen molar-refractivity contribution in [2.45, 2.75) is 12.3 Å². The fourth-order valence-corrected chi connectivity index (χ4v) is 1.70. The monoisotopic (exact) mass is 223 g/mol. The number of hydrogen-bond acceptors (Lipinski definition) is 5. The van der Waals surface area contributed by atoms with Crippen LogP contribution in [0.1, 0.15) is 28.4 Å². The van der Waals surface area contributed by atoms with Crippen LogP contribution in [-0.4, -0.2) is 36.1 Å². The third-order valence-corrected chi connectivity index (χ3v) is 2.59. The summed E-state index contributed by atoms with van der Waals surface area (Å²) in [6.45, 7) is 0.861. The molecule has 16 heavy (non-hydrogen) atoms. The first-order valence-corrected chi connectivity index (χ1v) is 5.13. The molecule has 1 aliphatic heterocycles. The highest BCUT2D eigenvalue weighted by atomic mass is 16.6. The Kier molecular flexibility index (Phi) is 3.48. The number of carbonyl (C=O) groups is 1. The number of hydrogen-bond donors (Lipinski definition) is 1. The number of rotatable bonds is 3. The summed E-state index contributed by atoms with van der Waals surface area (Å²) in [4.78, 5) is 15.2. The fourth-order valence-electron chi connectivity index (χ4n) is 1.70. The lowest BCUT2D eigenvalue weighted by atomic mass is 10.0. The van der Waals surface area contributed by atoms with Crippen molar-refractivity contribution >= 4 is 5.97 Å². The molecule has 0 aliphatic carbocycles. The van der Waals surface area contributed by atoms with Crippen LogP contribution >= 0.6 is 0 Å². The molecule has 1 saturated heterocycles. The number of aromatic nitrogens is 1.